The second-order valence-corrected chi connectivity index (χ2v) is 34.6. The summed E-state index contributed by atoms with van der Waals surface area (Å²) in [5, 5.41) is 0. The van der Waals surface area contributed by atoms with Crippen LogP contribution >= 0.6 is 0 Å². The fourth-order valence-corrected chi connectivity index (χ4v) is 19.9. The Kier molecular flexibility index (Phi) is 11.1. The van der Waals surface area contributed by atoms with Crippen LogP contribution < -0.4 is 0 Å². The molecule has 0 amide bonds. The summed E-state index contributed by atoms with van der Waals surface area (Å²) >= 11 is 0. The van der Waals surface area contributed by atoms with E-state index in [-0.39, 0.29) is 5.60 Å². The van der Waals surface area contributed by atoms with Crippen molar-refractivity contribution in [1.82, 2.24) is 0 Å². The third-order valence-electron chi connectivity index (χ3n) is 11.3. The molecule has 0 radical (unpaired) electrons. The highest BCUT2D eigenvalue weighted by molar-refractivity contribution is 6.82. The van der Waals surface area contributed by atoms with Crippen molar-refractivity contribution in [2.45, 2.75) is 153 Å². The summed E-state index contributed by atoms with van der Waals surface area (Å²) in [5.41, 5.74) is 5.28. The van der Waals surface area contributed by atoms with E-state index < -0.39 is 24.2 Å². The van der Waals surface area contributed by atoms with Crippen molar-refractivity contribution in [2.24, 2.45) is 29.6 Å². The predicted molar refractivity (Wildman–Crippen MR) is 196 cm³/mol. The van der Waals surface area contributed by atoms with Gasteiger partial charge in [-0.15, -0.1) is 0 Å². The molecule has 238 valence electrons. The van der Waals surface area contributed by atoms with Crippen LogP contribution in [0.4, 0.5) is 0 Å². The van der Waals surface area contributed by atoms with E-state index in [2.05, 4.69) is 110 Å². The number of hydrogen-bond donors (Lipinski definition) is 0. The fraction of sp³-hybridized carbons (Fsp3) is 0.789. The number of unbranched alkanes of at least 4 members (excludes halogenated alkanes) is 3. The minimum atomic E-state index is -1.64. The molecule has 0 aromatic rings. The first-order chi connectivity index (χ1) is 19.5. The van der Waals surface area contributed by atoms with Crippen molar-refractivity contribution in [3.05, 3.63) is 47.6 Å². The van der Waals surface area contributed by atoms with E-state index in [1.54, 1.807) is 0 Å². The first kappa shape index (κ1) is 34.4. The van der Waals surface area contributed by atoms with Crippen molar-refractivity contribution >= 4 is 24.2 Å². The minimum absolute atomic E-state index is 0.00925. The second kappa shape index (κ2) is 13.5. The zero-order chi connectivity index (χ0) is 30.9. The predicted octanol–water partition coefficient (Wildman–Crippen LogP) is 12.1. The molecule has 0 heterocycles. The molecule has 0 aromatic carbocycles. The Morgan fingerprint density at radius 2 is 1.48 bits per heavy atom. The van der Waals surface area contributed by atoms with Crippen molar-refractivity contribution < 1.29 is 4.74 Å². The quantitative estimate of drug-likeness (QED) is 0.112. The molecule has 8 atom stereocenters. The minimum Gasteiger partial charge on any atom is -0.376 e. The third kappa shape index (κ3) is 8.85. The highest BCUT2D eigenvalue weighted by Gasteiger charge is 2.57. The molecule has 0 aromatic heterocycles. The molecule has 4 rings (SSSR count). The van der Waals surface area contributed by atoms with Crippen LogP contribution in [0, 0.1) is 29.6 Å². The summed E-state index contributed by atoms with van der Waals surface area (Å²) in [4.78, 5) is 0. The lowest BCUT2D eigenvalue weighted by Crippen LogP contribution is -2.43. The normalized spacial score (nSPS) is 32.8. The molecule has 42 heavy (non-hydrogen) atoms. The van der Waals surface area contributed by atoms with E-state index in [0.29, 0.717) is 0 Å². The molecule has 0 bridgehead atoms. The highest BCUT2D eigenvalue weighted by atomic mass is 28.3. The maximum atomic E-state index is 6.06. The average molecular weight is 625 g/mol. The van der Waals surface area contributed by atoms with E-state index in [4.69, 9.17) is 4.74 Å². The van der Waals surface area contributed by atoms with Crippen LogP contribution in [0.1, 0.15) is 72.6 Å². The van der Waals surface area contributed by atoms with Crippen LogP contribution in [0.2, 0.25) is 75.0 Å². The van der Waals surface area contributed by atoms with Gasteiger partial charge in [0.2, 0.25) is 0 Å². The maximum absolute atomic E-state index is 6.06. The summed E-state index contributed by atoms with van der Waals surface area (Å²) in [6, 6.07) is 4.55. The second-order valence-electron chi connectivity index (χ2n) is 18.6. The van der Waals surface area contributed by atoms with Crippen molar-refractivity contribution in [1.29, 1.82) is 0 Å². The zero-order valence-electron chi connectivity index (χ0n) is 29.7. The van der Waals surface area contributed by atoms with Gasteiger partial charge in [-0.05, 0) is 88.1 Å². The average Bonchev–Trinajstić information content (AvgIpc) is 3.39. The van der Waals surface area contributed by atoms with E-state index in [9.17, 15) is 0 Å². The van der Waals surface area contributed by atoms with Gasteiger partial charge in [-0.2, -0.15) is 0 Å². The van der Waals surface area contributed by atoms with Crippen LogP contribution in [-0.2, 0) is 4.74 Å². The molecule has 0 saturated heterocycles. The first-order valence-corrected chi connectivity index (χ1v) is 28.1. The van der Waals surface area contributed by atoms with Crippen molar-refractivity contribution in [3.8, 4) is 0 Å². The maximum Gasteiger partial charge on any atom is 0.0615 e. The molecule has 4 aliphatic rings. The van der Waals surface area contributed by atoms with Gasteiger partial charge in [-0.1, -0.05) is 131 Å². The van der Waals surface area contributed by atoms with Gasteiger partial charge in [-0.3, -0.25) is 0 Å². The SMILES string of the molecule is CC1=CC2C(C=C1)C(C[Si](C)(C)C)CC2[Si](C)(CCCCCCOC(C)(C)C)C1CC(C[Si](C)(C)C)C2C=CCC=C21. The molecule has 0 aliphatic heterocycles. The topological polar surface area (TPSA) is 9.23 Å². The summed E-state index contributed by atoms with van der Waals surface area (Å²) in [7, 11) is -3.89. The molecule has 2 fully saturated rings. The van der Waals surface area contributed by atoms with Gasteiger partial charge in [0.05, 0.1) is 13.7 Å². The molecular weight excluding hydrogens is 557 g/mol. The Hall–Kier alpha value is -0.429. The van der Waals surface area contributed by atoms with E-state index >= 15 is 0 Å². The van der Waals surface area contributed by atoms with Crippen LogP contribution in [0.25, 0.3) is 0 Å². The lowest BCUT2D eigenvalue weighted by Gasteiger charge is -2.44. The van der Waals surface area contributed by atoms with Gasteiger partial charge in [0, 0.05) is 28.7 Å². The lowest BCUT2D eigenvalue weighted by molar-refractivity contribution is -0.00471. The number of rotatable bonds is 13. The van der Waals surface area contributed by atoms with Gasteiger partial charge < -0.3 is 4.74 Å². The first-order valence-electron chi connectivity index (χ1n) is 17.8. The molecular formula is C38H68OSi3. The lowest BCUT2D eigenvalue weighted by atomic mass is 9.85. The van der Waals surface area contributed by atoms with E-state index in [1.165, 1.54) is 68.7 Å². The number of hydrogen-bond acceptors (Lipinski definition) is 1. The van der Waals surface area contributed by atoms with E-state index in [1.807, 2.05) is 5.57 Å². The van der Waals surface area contributed by atoms with Crippen molar-refractivity contribution in [3.63, 3.8) is 0 Å². The molecule has 4 heteroatoms. The largest absolute Gasteiger partial charge is 0.376 e. The zero-order valence-corrected chi connectivity index (χ0v) is 32.7. The van der Waals surface area contributed by atoms with Gasteiger partial charge >= 0.3 is 0 Å². The summed E-state index contributed by atoms with van der Waals surface area (Å²) in [6.07, 6.45) is 25.4. The molecule has 4 aliphatic carbocycles. The summed E-state index contributed by atoms with van der Waals surface area (Å²) in [5.74, 6) is 4.13. The molecule has 0 spiro atoms. The Labute approximate surface area is 265 Å². The monoisotopic (exact) mass is 624 g/mol. The van der Waals surface area contributed by atoms with Crippen LogP contribution in [0.3, 0.4) is 0 Å². The van der Waals surface area contributed by atoms with Gasteiger partial charge in [0.25, 0.3) is 0 Å². The van der Waals surface area contributed by atoms with Crippen LogP contribution in [0.15, 0.2) is 47.6 Å². The summed E-state index contributed by atoms with van der Waals surface area (Å²) < 4.78 is 6.06. The molecule has 8 unspecified atom stereocenters. The fourth-order valence-electron chi connectivity index (χ4n) is 9.74. The number of allylic oxidation sites excluding steroid dienone is 8. The van der Waals surface area contributed by atoms with Gasteiger partial charge in [0.1, 0.15) is 0 Å². The Morgan fingerprint density at radius 1 is 0.810 bits per heavy atom. The molecule has 2 saturated carbocycles. The van der Waals surface area contributed by atoms with Crippen LogP contribution in [-0.4, -0.2) is 36.4 Å². The Morgan fingerprint density at radius 3 is 2.14 bits per heavy atom. The number of fused-ring (bicyclic) bond motifs is 2. The standard InChI is InChI=1S/C38H68OSi3/c1-29-20-21-33-31(28-41(8,9)10)26-37(35(33)24-29)42(11,23-17-13-12-16-22-39-38(2,3)4)36-25-30(27-40(5,6)7)32-18-14-15-19-34(32)36/h14,18-21,24,30-33,35-37H,12-13,15-17,22-23,25-28H2,1-11H3. The highest BCUT2D eigenvalue weighted by Crippen LogP contribution is 2.64. The van der Waals surface area contributed by atoms with E-state index in [0.717, 1.165) is 47.3 Å². The molecule has 0 N–H and O–H groups in total. The molecule has 1 nitrogen and oxygen atoms in total. The van der Waals surface area contributed by atoms with Gasteiger partial charge in [0.15, 0.2) is 0 Å². The smallest absolute Gasteiger partial charge is 0.0615 e. The third-order valence-corrected chi connectivity index (χ3v) is 20.7. The van der Waals surface area contributed by atoms with Gasteiger partial charge in [-0.25, -0.2) is 0 Å². The Balaban J connectivity index is 1.61. The van der Waals surface area contributed by atoms with Crippen LogP contribution in [0.5, 0.6) is 0 Å². The van der Waals surface area contributed by atoms with Crippen molar-refractivity contribution in [2.75, 3.05) is 6.61 Å². The number of ether oxygens (including phenoxy) is 1. The Bertz CT molecular complexity index is 1030. The summed E-state index contributed by atoms with van der Waals surface area (Å²) in [6.45, 7) is 28.5.